The summed E-state index contributed by atoms with van der Waals surface area (Å²) in [4.78, 5) is 14.7. The number of hydrogen-bond acceptors (Lipinski definition) is 9. The van der Waals surface area contributed by atoms with Gasteiger partial charge in [0.15, 0.2) is 5.82 Å². The van der Waals surface area contributed by atoms with Crippen LogP contribution in [0.5, 0.6) is 11.9 Å². The Hall–Kier alpha value is -3.59. The van der Waals surface area contributed by atoms with Crippen molar-refractivity contribution in [2.75, 3.05) is 31.2 Å². The Balaban J connectivity index is 1.36. The zero-order chi connectivity index (χ0) is 32.9. The van der Waals surface area contributed by atoms with Gasteiger partial charge in [-0.2, -0.15) is 23.1 Å². The van der Waals surface area contributed by atoms with Crippen molar-refractivity contribution >= 4 is 22.4 Å². The number of nitrogens with one attached hydrogen (secondary N) is 1. The number of alkyl halides is 4. The summed E-state index contributed by atoms with van der Waals surface area (Å²) in [6.45, 7) is 5.80. The summed E-state index contributed by atoms with van der Waals surface area (Å²) < 4.78 is 101. The summed E-state index contributed by atoms with van der Waals surface area (Å²) in [5.74, 6) is -2.67. The predicted octanol–water partition coefficient (Wildman–Crippen LogP) is 5.18. The molecule has 1 unspecified atom stereocenters. The number of anilines is 2. The van der Waals surface area contributed by atoms with Crippen LogP contribution < -0.4 is 26.3 Å². The van der Waals surface area contributed by atoms with Crippen LogP contribution in [0.1, 0.15) is 50.7 Å². The average Bonchev–Trinajstić information content (AvgIpc) is 3.58. The molecule has 4 aliphatic rings. The summed E-state index contributed by atoms with van der Waals surface area (Å²) in [6.07, 6.45) is -3.85. The summed E-state index contributed by atoms with van der Waals surface area (Å²) in [6, 6.07) is 0.875. The van der Waals surface area contributed by atoms with Crippen LogP contribution in [0, 0.1) is 30.4 Å². The second-order valence-corrected chi connectivity index (χ2v) is 13.1. The number of rotatable bonds is 8. The normalized spacial score (nSPS) is 29.4. The highest BCUT2D eigenvalue weighted by Crippen LogP contribution is 2.49. The van der Waals surface area contributed by atoms with Crippen molar-refractivity contribution < 1.29 is 35.8 Å². The van der Waals surface area contributed by atoms with E-state index in [4.69, 9.17) is 20.9 Å². The lowest BCUT2D eigenvalue weighted by molar-refractivity contribution is -0.137. The lowest BCUT2D eigenvalue weighted by Gasteiger charge is -2.47. The Labute approximate surface area is 261 Å². The number of pyridine rings is 1. The molecule has 2 aromatic heterocycles. The minimum atomic E-state index is -5.08. The second-order valence-electron chi connectivity index (χ2n) is 13.1. The summed E-state index contributed by atoms with van der Waals surface area (Å²) in [5, 5.41) is 3.42. The van der Waals surface area contributed by atoms with Gasteiger partial charge in [0, 0.05) is 43.1 Å². The highest BCUT2D eigenvalue weighted by Gasteiger charge is 2.55. The fraction of sp³-hybridized carbons (Fsp3) is 0.581. The molecule has 4 fully saturated rings. The third-order valence-electron chi connectivity index (χ3n) is 10.3. The molecule has 15 heteroatoms. The fourth-order valence-electron chi connectivity index (χ4n) is 7.92. The lowest BCUT2D eigenvalue weighted by Crippen LogP contribution is -2.59. The SMILES string of the molecule is CC[C@@H]1N[C@H]2CC2[C@@H]1[C@H](C)Oc1nc(-c2cc(N)c(F)c(C)c2C(F)(F)F)c(F)c2nc(OC[C@@]34CCN3C[C@H](F)C4)nc(N)c12. The Bertz CT molecular complexity index is 1720. The number of aromatic nitrogens is 3. The molecule has 1 aliphatic carbocycles. The smallest absolute Gasteiger partial charge is 0.417 e. The molecule has 0 spiro atoms. The number of hydrogen-bond donors (Lipinski definition) is 3. The number of nitrogen functional groups attached to an aromatic ring is 2. The monoisotopic (exact) mass is 651 g/mol. The van der Waals surface area contributed by atoms with Gasteiger partial charge >= 0.3 is 12.2 Å². The number of piperidine rings is 1. The predicted molar refractivity (Wildman–Crippen MR) is 158 cm³/mol. The molecule has 0 amide bonds. The van der Waals surface area contributed by atoms with Crippen molar-refractivity contribution in [3.8, 4) is 23.1 Å². The zero-order valence-corrected chi connectivity index (χ0v) is 25.5. The largest absolute Gasteiger partial charge is 0.474 e. The van der Waals surface area contributed by atoms with Gasteiger partial charge in [0.2, 0.25) is 5.88 Å². The van der Waals surface area contributed by atoms with E-state index in [1.54, 1.807) is 0 Å². The van der Waals surface area contributed by atoms with E-state index in [2.05, 4.69) is 20.3 Å². The maximum absolute atomic E-state index is 16.5. The number of benzene rings is 1. The van der Waals surface area contributed by atoms with Gasteiger partial charge in [-0.15, -0.1) is 0 Å². The van der Waals surface area contributed by atoms with Crippen LogP contribution >= 0.6 is 0 Å². The van der Waals surface area contributed by atoms with Gasteiger partial charge in [0.05, 0.1) is 16.8 Å². The molecule has 0 radical (unpaired) electrons. The molecule has 9 nitrogen and oxygen atoms in total. The van der Waals surface area contributed by atoms with Gasteiger partial charge in [-0.3, -0.25) is 4.90 Å². The fourth-order valence-corrected chi connectivity index (χ4v) is 7.92. The molecular weight excluding hydrogens is 616 g/mol. The Morgan fingerprint density at radius 1 is 1.17 bits per heavy atom. The van der Waals surface area contributed by atoms with Crippen LogP contribution in [-0.2, 0) is 6.18 Å². The van der Waals surface area contributed by atoms with E-state index in [0.29, 0.717) is 31.0 Å². The van der Waals surface area contributed by atoms with Gasteiger partial charge < -0.3 is 26.3 Å². The molecule has 1 saturated carbocycles. The van der Waals surface area contributed by atoms with E-state index in [1.807, 2.05) is 18.7 Å². The first-order valence-corrected chi connectivity index (χ1v) is 15.5. The van der Waals surface area contributed by atoms with E-state index in [1.165, 1.54) is 0 Å². The van der Waals surface area contributed by atoms with Crippen molar-refractivity contribution in [3.05, 3.63) is 28.8 Å². The van der Waals surface area contributed by atoms with E-state index >= 15 is 4.39 Å². The number of halogens is 6. The first kappa shape index (κ1) is 31.0. The highest BCUT2D eigenvalue weighted by atomic mass is 19.4. The number of ether oxygens (including phenoxy) is 2. The average molecular weight is 652 g/mol. The Morgan fingerprint density at radius 3 is 2.59 bits per heavy atom. The van der Waals surface area contributed by atoms with Gasteiger partial charge in [-0.05, 0) is 50.7 Å². The van der Waals surface area contributed by atoms with Crippen LogP contribution in [-0.4, -0.2) is 69.4 Å². The Morgan fingerprint density at radius 2 is 1.93 bits per heavy atom. The second kappa shape index (κ2) is 10.7. The van der Waals surface area contributed by atoms with E-state index < -0.39 is 69.2 Å². The first-order chi connectivity index (χ1) is 21.7. The van der Waals surface area contributed by atoms with Gasteiger partial charge in [0.25, 0.3) is 0 Å². The van der Waals surface area contributed by atoms with Crippen LogP contribution in [0.25, 0.3) is 22.2 Å². The molecule has 7 rings (SSSR count). The van der Waals surface area contributed by atoms with Gasteiger partial charge in [-0.25, -0.2) is 18.2 Å². The molecule has 3 aromatic rings. The van der Waals surface area contributed by atoms with Crippen LogP contribution in [0.3, 0.4) is 0 Å². The molecule has 7 atom stereocenters. The maximum Gasteiger partial charge on any atom is 0.417 e. The standard InChI is InChI=1S/C31H35F6N7O2/c1-4-18-20(15-8-19(15)40-18)13(3)46-28-21-26(42-29(43-27(21)39)45-11-30-5-6-44(30)10-14(32)9-30)24(34)25(41-28)16-7-17(38)23(33)12(2)22(16)31(35,36)37/h7,13-15,18-20,40H,4-6,8-11,38H2,1-3H3,(H2,39,42,43)/t13-,14+,15?,18-,19-,20-,30-/m0/s1. The molecule has 3 saturated heterocycles. The highest BCUT2D eigenvalue weighted by molar-refractivity contribution is 5.96. The maximum atomic E-state index is 16.5. The summed E-state index contributed by atoms with van der Waals surface area (Å²) in [7, 11) is 0. The number of nitrogens with zero attached hydrogens (tertiary/aromatic N) is 4. The molecule has 1 aromatic carbocycles. The summed E-state index contributed by atoms with van der Waals surface area (Å²) >= 11 is 0. The molecule has 0 bridgehead atoms. The molecule has 5 N–H and O–H groups in total. The minimum absolute atomic E-state index is 0.0138. The topological polar surface area (TPSA) is 124 Å². The van der Waals surface area contributed by atoms with Crippen molar-refractivity contribution in [2.24, 2.45) is 11.8 Å². The number of fused-ring (bicyclic) bond motifs is 3. The van der Waals surface area contributed by atoms with Crippen molar-refractivity contribution in [2.45, 2.75) is 82.5 Å². The molecule has 248 valence electrons. The van der Waals surface area contributed by atoms with E-state index in [9.17, 15) is 22.0 Å². The van der Waals surface area contributed by atoms with Crippen molar-refractivity contribution in [1.82, 2.24) is 25.2 Å². The third kappa shape index (κ3) is 4.88. The van der Waals surface area contributed by atoms with Gasteiger partial charge in [0.1, 0.15) is 47.1 Å². The molecule has 3 aliphatic heterocycles. The van der Waals surface area contributed by atoms with Crippen molar-refractivity contribution in [1.29, 1.82) is 0 Å². The van der Waals surface area contributed by atoms with Crippen LogP contribution in [0.2, 0.25) is 0 Å². The first-order valence-electron chi connectivity index (χ1n) is 15.5. The van der Waals surface area contributed by atoms with Crippen molar-refractivity contribution in [3.63, 3.8) is 0 Å². The zero-order valence-electron chi connectivity index (χ0n) is 25.5. The lowest BCUT2D eigenvalue weighted by atomic mass is 9.86. The van der Waals surface area contributed by atoms with E-state index in [-0.39, 0.29) is 54.6 Å². The molecule has 5 heterocycles. The Kier molecular flexibility index (Phi) is 7.23. The van der Waals surface area contributed by atoms with Gasteiger partial charge in [-0.1, -0.05) is 6.92 Å². The van der Waals surface area contributed by atoms with Crippen LogP contribution in [0.15, 0.2) is 6.07 Å². The minimum Gasteiger partial charge on any atom is -0.474 e. The quantitative estimate of drug-likeness (QED) is 0.223. The third-order valence-corrected chi connectivity index (χ3v) is 10.3. The summed E-state index contributed by atoms with van der Waals surface area (Å²) in [5.41, 5.74) is 6.63. The van der Waals surface area contributed by atoms with E-state index in [0.717, 1.165) is 19.8 Å². The molecule has 46 heavy (non-hydrogen) atoms. The van der Waals surface area contributed by atoms with Crippen LogP contribution in [0.4, 0.5) is 37.8 Å². The molecular formula is C31H35F6N7O2. The number of nitrogens with two attached hydrogens (primary N) is 2.